The SMILES string of the molecule is N[C@]1(Cl)CCCC[C@@]1(N)Cl. The lowest BCUT2D eigenvalue weighted by Gasteiger charge is -2.40. The van der Waals surface area contributed by atoms with E-state index < -0.39 is 10.00 Å². The van der Waals surface area contributed by atoms with Gasteiger partial charge in [0.1, 0.15) is 10.00 Å². The van der Waals surface area contributed by atoms with E-state index in [1.165, 1.54) is 0 Å². The van der Waals surface area contributed by atoms with Gasteiger partial charge in [-0.25, -0.2) is 0 Å². The second-order valence-electron chi connectivity index (χ2n) is 2.93. The first-order chi connectivity index (χ1) is 4.46. The molecule has 1 rings (SSSR count). The number of halogens is 2. The molecule has 1 aliphatic carbocycles. The molecular formula is C6H12Cl2N2. The van der Waals surface area contributed by atoms with Crippen LogP contribution in [0.2, 0.25) is 0 Å². The molecule has 0 saturated heterocycles. The molecule has 1 saturated carbocycles. The highest BCUT2D eigenvalue weighted by Crippen LogP contribution is 2.39. The lowest BCUT2D eigenvalue weighted by atomic mass is 9.90. The predicted octanol–water partition coefficient (Wildman–Crippen LogP) is 1.35. The fraction of sp³-hybridized carbons (Fsp3) is 1.00. The normalized spacial score (nSPS) is 49.2. The van der Waals surface area contributed by atoms with Gasteiger partial charge in [0.25, 0.3) is 0 Å². The quantitative estimate of drug-likeness (QED) is 0.440. The summed E-state index contributed by atoms with van der Waals surface area (Å²) in [6.45, 7) is 0. The highest BCUT2D eigenvalue weighted by atomic mass is 35.5. The number of hydrogen-bond acceptors (Lipinski definition) is 2. The van der Waals surface area contributed by atoms with Crippen LogP contribution in [0.25, 0.3) is 0 Å². The van der Waals surface area contributed by atoms with Crippen molar-refractivity contribution in [2.45, 2.75) is 35.7 Å². The van der Waals surface area contributed by atoms with Crippen molar-refractivity contribution in [3.05, 3.63) is 0 Å². The van der Waals surface area contributed by atoms with E-state index in [9.17, 15) is 0 Å². The minimum Gasteiger partial charge on any atom is -0.310 e. The Morgan fingerprint density at radius 3 is 1.40 bits per heavy atom. The molecule has 0 amide bonds. The molecule has 0 unspecified atom stereocenters. The molecule has 0 spiro atoms. The fourth-order valence-corrected chi connectivity index (χ4v) is 1.64. The van der Waals surface area contributed by atoms with Crippen molar-refractivity contribution in [2.75, 3.05) is 0 Å². The number of rotatable bonds is 0. The summed E-state index contributed by atoms with van der Waals surface area (Å²) in [6.07, 6.45) is 3.44. The Bertz CT molecular complexity index is 118. The van der Waals surface area contributed by atoms with Crippen LogP contribution >= 0.6 is 23.2 Å². The molecule has 1 aliphatic rings. The van der Waals surface area contributed by atoms with E-state index in [1.807, 2.05) is 0 Å². The second-order valence-corrected chi connectivity index (χ2v) is 4.28. The third-order valence-electron chi connectivity index (χ3n) is 2.02. The summed E-state index contributed by atoms with van der Waals surface area (Å²) < 4.78 is 0. The minimum atomic E-state index is -0.910. The standard InChI is InChI=1S/C6H12Cl2N2/c7-5(9)3-1-2-4-6(5,8)10/h1-4,9-10H2/t5-,6+. The molecule has 4 N–H and O–H groups in total. The lowest BCUT2D eigenvalue weighted by Crippen LogP contribution is -2.60. The molecule has 1 fully saturated rings. The van der Waals surface area contributed by atoms with Gasteiger partial charge >= 0.3 is 0 Å². The van der Waals surface area contributed by atoms with Gasteiger partial charge in [-0.15, -0.1) is 0 Å². The van der Waals surface area contributed by atoms with Crippen LogP contribution in [0.5, 0.6) is 0 Å². The van der Waals surface area contributed by atoms with Gasteiger partial charge in [0, 0.05) is 0 Å². The maximum Gasteiger partial charge on any atom is 0.123 e. The van der Waals surface area contributed by atoms with Crippen LogP contribution in [0, 0.1) is 0 Å². The summed E-state index contributed by atoms with van der Waals surface area (Å²) in [7, 11) is 0. The van der Waals surface area contributed by atoms with Crippen LogP contribution in [0.4, 0.5) is 0 Å². The third-order valence-corrected chi connectivity index (χ3v) is 3.17. The van der Waals surface area contributed by atoms with Crippen LogP contribution in [-0.4, -0.2) is 10.00 Å². The van der Waals surface area contributed by atoms with E-state index in [1.54, 1.807) is 0 Å². The van der Waals surface area contributed by atoms with Gasteiger partial charge in [-0.3, -0.25) is 0 Å². The molecule has 2 nitrogen and oxygen atoms in total. The average Bonchev–Trinajstić information content (AvgIpc) is 1.77. The Hall–Kier alpha value is 0.500. The molecule has 0 heterocycles. The average molecular weight is 183 g/mol. The van der Waals surface area contributed by atoms with E-state index in [-0.39, 0.29) is 0 Å². The molecule has 0 aromatic rings. The zero-order valence-electron chi connectivity index (χ0n) is 5.74. The summed E-state index contributed by atoms with van der Waals surface area (Å²) in [5.74, 6) is 0. The van der Waals surface area contributed by atoms with Gasteiger partial charge in [-0.05, 0) is 12.8 Å². The fourth-order valence-electron chi connectivity index (χ4n) is 1.18. The molecule has 0 aromatic carbocycles. The van der Waals surface area contributed by atoms with Gasteiger partial charge in [-0.2, -0.15) is 0 Å². The molecule has 2 atom stereocenters. The predicted molar refractivity (Wildman–Crippen MR) is 44.0 cm³/mol. The Labute approximate surface area is 70.8 Å². The third kappa shape index (κ3) is 1.40. The van der Waals surface area contributed by atoms with E-state index >= 15 is 0 Å². The first-order valence-corrected chi connectivity index (χ1v) is 4.17. The van der Waals surface area contributed by atoms with Crippen molar-refractivity contribution in [3.8, 4) is 0 Å². The van der Waals surface area contributed by atoms with E-state index in [0.717, 1.165) is 12.8 Å². The van der Waals surface area contributed by atoms with Gasteiger partial charge in [0.05, 0.1) is 0 Å². The van der Waals surface area contributed by atoms with E-state index in [0.29, 0.717) is 12.8 Å². The van der Waals surface area contributed by atoms with Gasteiger partial charge < -0.3 is 11.5 Å². The monoisotopic (exact) mass is 182 g/mol. The second kappa shape index (κ2) is 2.52. The summed E-state index contributed by atoms with van der Waals surface area (Å²) in [5.41, 5.74) is 11.3. The molecule has 4 heteroatoms. The maximum atomic E-state index is 5.88. The largest absolute Gasteiger partial charge is 0.310 e. The molecule has 10 heavy (non-hydrogen) atoms. The van der Waals surface area contributed by atoms with Crippen LogP contribution in [0.3, 0.4) is 0 Å². The van der Waals surface area contributed by atoms with Crippen LogP contribution < -0.4 is 11.5 Å². The smallest absolute Gasteiger partial charge is 0.123 e. The summed E-state index contributed by atoms with van der Waals surface area (Å²) in [6, 6.07) is 0. The zero-order chi connectivity index (χ0) is 7.83. The van der Waals surface area contributed by atoms with Crippen molar-refractivity contribution in [1.82, 2.24) is 0 Å². The first-order valence-electron chi connectivity index (χ1n) is 3.41. The Morgan fingerprint density at radius 2 is 1.20 bits per heavy atom. The Kier molecular flexibility index (Phi) is 2.17. The molecule has 0 aliphatic heterocycles. The number of nitrogens with two attached hydrogens (primary N) is 2. The summed E-state index contributed by atoms with van der Waals surface area (Å²) in [4.78, 5) is -1.82. The topological polar surface area (TPSA) is 52.0 Å². The molecule has 0 radical (unpaired) electrons. The van der Waals surface area contributed by atoms with Gasteiger partial charge in [0.15, 0.2) is 0 Å². The molecule has 0 aromatic heterocycles. The minimum absolute atomic E-state index is 0.703. The van der Waals surface area contributed by atoms with Crippen molar-refractivity contribution in [2.24, 2.45) is 11.5 Å². The van der Waals surface area contributed by atoms with Crippen molar-refractivity contribution >= 4 is 23.2 Å². The summed E-state index contributed by atoms with van der Waals surface area (Å²) >= 11 is 11.8. The van der Waals surface area contributed by atoms with Crippen LogP contribution in [0.1, 0.15) is 25.7 Å². The Balaban J connectivity index is 2.70. The molecule has 60 valence electrons. The van der Waals surface area contributed by atoms with Crippen molar-refractivity contribution < 1.29 is 0 Å². The van der Waals surface area contributed by atoms with E-state index in [2.05, 4.69) is 0 Å². The highest BCUT2D eigenvalue weighted by Gasteiger charge is 2.45. The van der Waals surface area contributed by atoms with Crippen molar-refractivity contribution in [3.63, 3.8) is 0 Å². The van der Waals surface area contributed by atoms with Gasteiger partial charge in [-0.1, -0.05) is 36.0 Å². The number of hydrogen-bond donors (Lipinski definition) is 2. The van der Waals surface area contributed by atoms with Crippen molar-refractivity contribution in [1.29, 1.82) is 0 Å². The molecule has 0 bridgehead atoms. The Morgan fingerprint density at radius 1 is 0.900 bits per heavy atom. The van der Waals surface area contributed by atoms with Crippen LogP contribution in [-0.2, 0) is 0 Å². The zero-order valence-corrected chi connectivity index (χ0v) is 7.25. The van der Waals surface area contributed by atoms with E-state index in [4.69, 9.17) is 34.7 Å². The van der Waals surface area contributed by atoms with Crippen LogP contribution in [0.15, 0.2) is 0 Å². The lowest BCUT2D eigenvalue weighted by molar-refractivity contribution is 0.307. The first kappa shape index (κ1) is 8.60. The number of alkyl halides is 2. The highest BCUT2D eigenvalue weighted by molar-refractivity contribution is 6.34. The van der Waals surface area contributed by atoms with Gasteiger partial charge in [0.2, 0.25) is 0 Å². The maximum absolute atomic E-state index is 5.88. The molecular weight excluding hydrogens is 171 g/mol. The summed E-state index contributed by atoms with van der Waals surface area (Å²) in [5, 5.41) is 0.